The topological polar surface area (TPSA) is 20.6 Å². The highest BCUT2D eigenvalue weighted by Gasteiger charge is 2.26. The molecule has 0 N–H and O–H groups in total. The lowest BCUT2D eigenvalue weighted by molar-refractivity contribution is -0.0339. The van der Waals surface area contributed by atoms with E-state index < -0.39 is 0 Å². The summed E-state index contributed by atoms with van der Waals surface area (Å²) in [6.07, 6.45) is 0.501. The third-order valence-electron chi connectivity index (χ3n) is 4.97. The van der Waals surface area contributed by atoms with Gasteiger partial charge < -0.3 is 9.30 Å². The summed E-state index contributed by atoms with van der Waals surface area (Å²) in [5.74, 6) is 0. The zero-order valence-corrected chi connectivity index (χ0v) is 12.7. The van der Waals surface area contributed by atoms with E-state index >= 15 is 0 Å². The maximum absolute atomic E-state index is 5.47. The fourth-order valence-corrected chi connectivity index (χ4v) is 3.68. The van der Waals surface area contributed by atoms with Gasteiger partial charge in [0.1, 0.15) is 0 Å². The summed E-state index contributed by atoms with van der Waals surface area (Å²) in [5.41, 5.74) is 2.83. The lowest BCUT2D eigenvalue weighted by Gasteiger charge is -2.41. The van der Waals surface area contributed by atoms with E-state index in [9.17, 15) is 0 Å². The standard InChI is InChI=1S/C17H23N3O/c1-14(18-8-10-21-11-9-18)19-6-7-20-16(13-19)12-15-4-2-3-5-17(15)20/h2-5,12,14H,6-11,13H2,1H3. The van der Waals surface area contributed by atoms with E-state index in [1.165, 1.54) is 16.6 Å². The second kappa shape index (κ2) is 5.44. The third-order valence-corrected chi connectivity index (χ3v) is 4.97. The van der Waals surface area contributed by atoms with Crippen molar-refractivity contribution >= 4 is 10.9 Å². The van der Waals surface area contributed by atoms with Crippen LogP contribution in [-0.4, -0.2) is 53.4 Å². The smallest absolute Gasteiger partial charge is 0.0599 e. The summed E-state index contributed by atoms with van der Waals surface area (Å²) in [4.78, 5) is 5.14. The molecule has 4 rings (SSSR count). The maximum atomic E-state index is 5.47. The van der Waals surface area contributed by atoms with Gasteiger partial charge in [0.05, 0.1) is 19.4 Å². The van der Waals surface area contributed by atoms with Gasteiger partial charge in [0.25, 0.3) is 0 Å². The number of nitrogens with zero attached hydrogens (tertiary/aromatic N) is 3. The minimum absolute atomic E-state index is 0.501. The van der Waals surface area contributed by atoms with Crippen molar-refractivity contribution in [1.29, 1.82) is 0 Å². The monoisotopic (exact) mass is 285 g/mol. The molecule has 0 radical (unpaired) electrons. The summed E-state index contributed by atoms with van der Waals surface area (Å²) in [5, 5.41) is 1.37. The van der Waals surface area contributed by atoms with Crippen LogP contribution in [0.5, 0.6) is 0 Å². The van der Waals surface area contributed by atoms with E-state index in [0.717, 1.165) is 45.9 Å². The van der Waals surface area contributed by atoms with Crippen molar-refractivity contribution in [1.82, 2.24) is 14.4 Å². The Kier molecular flexibility index (Phi) is 3.45. The highest BCUT2D eigenvalue weighted by atomic mass is 16.5. The Balaban J connectivity index is 1.55. The highest BCUT2D eigenvalue weighted by molar-refractivity contribution is 5.81. The normalized spacial score (nSPS) is 22.3. The van der Waals surface area contributed by atoms with Crippen LogP contribution in [0.15, 0.2) is 30.3 Å². The van der Waals surface area contributed by atoms with Crippen LogP contribution in [0.2, 0.25) is 0 Å². The summed E-state index contributed by atoms with van der Waals surface area (Å²) in [7, 11) is 0. The van der Waals surface area contributed by atoms with Crippen molar-refractivity contribution in [2.24, 2.45) is 0 Å². The number of para-hydroxylation sites is 1. The van der Waals surface area contributed by atoms with E-state index in [-0.39, 0.29) is 0 Å². The Morgan fingerprint density at radius 3 is 2.67 bits per heavy atom. The number of ether oxygens (including phenoxy) is 1. The van der Waals surface area contributed by atoms with Crippen LogP contribution in [0.3, 0.4) is 0 Å². The fourth-order valence-electron chi connectivity index (χ4n) is 3.68. The zero-order chi connectivity index (χ0) is 14.2. The average Bonchev–Trinajstić information content (AvgIpc) is 2.92. The molecule has 1 fully saturated rings. The van der Waals surface area contributed by atoms with Crippen molar-refractivity contribution in [2.75, 3.05) is 32.8 Å². The summed E-state index contributed by atoms with van der Waals surface area (Å²) in [6.45, 7) is 9.47. The van der Waals surface area contributed by atoms with Crippen LogP contribution in [0.4, 0.5) is 0 Å². The molecule has 1 atom stereocenters. The zero-order valence-electron chi connectivity index (χ0n) is 12.7. The summed E-state index contributed by atoms with van der Waals surface area (Å²) < 4.78 is 7.95. The van der Waals surface area contributed by atoms with Crippen LogP contribution >= 0.6 is 0 Å². The first-order valence-corrected chi connectivity index (χ1v) is 7.96. The van der Waals surface area contributed by atoms with Crippen molar-refractivity contribution in [3.8, 4) is 0 Å². The van der Waals surface area contributed by atoms with Crippen molar-refractivity contribution in [3.05, 3.63) is 36.0 Å². The first-order valence-electron chi connectivity index (χ1n) is 7.96. The van der Waals surface area contributed by atoms with Gasteiger partial charge in [-0.3, -0.25) is 9.80 Å². The number of fused-ring (bicyclic) bond motifs is 3. The summed E-state index contributed by atoms with van der Waals surface area (Å²) >= 11 is 0. The fraction of sp³-hybridized carbons (Fsp3) is 0.529. The van der Waals surface area contributed by atoms with Gasteiger partial charge in [-0.1, -0.05) is 18.2 Å². The number of rotatable bonds is 2. The Labute approximate surface area is 125 Å². The lowest BCUT2D eigenvalue weighted by Crippen LogP contribution is -2.52. The van der Waals surface area contributed by atoms with E-state index in [4.69, 9.17) is 4.74 Å². The average molecular weight is 285 g/mol. The number of aromatic nitrogens is 1. The predicted octanol–water partition coefficient (Wildman–Crippen LogP) is 2.14. The van der Waals surface area contributed by atoms with Crippen LogP contribution in [0, 0.1) is 0 Å². The van der Waals surface area contributed by atoms with E-state index in [1.54, 1.807) is 0 Å². The lowest BCUT2D eigenvalue weighted by atomic mass is 10.2. The SMILES string of the molecule is CC(N1CCOCC1)N1CCn2c(cc3ccccc32)C1. The minimum atomic E-state index is 0.501. The highest BCUT2D eigenvalue weighted by Crippen LogP contribution is 2.25. The van der Waals surface area contributed by atoms with Gasteiger partial charge in [-0.2, -0.15) is 0 Å². The molecular formula is C17H23N3O. The molecule has 0 saturated carbocycles. The van der Waals surface area contributed by atoms with Gasteiger partial charge in [-0.25, -0.2) is 0 Å². The Bertz CT molecular complexity index is 630. The maximum Gasteiger partial charge on any atom is 0.0599 e. The molecule has 112 valence electrons. The van der Waals surface area contributed by atoms with Crippen LogP contribution in [-0.2, 0) is 17.8 Å². The molecule has 4 nitrogen and oxygen atoms in total. The van der Waals surface area contributed by atoms with E-state index in [1.807, 2.05) is 0 Å². The molecule has 1 unspecified atom stereocenters. The molecular weight excluding hydrogens is 262 g/mol. The Morgan fingerprint density at radius 1 is 1.00 bits per heavy atom. The molecule has 4 heteroatoms. The van der Waals surface area contributed by atoms with Gasteiger partial charge in [0, 0.05) is 43.9 Å². The Hall–Kier alpha value is -1.36. The number of hydrogen-bond donors (Lipinski definition) is 0. The molecule has 1 aromatic carbocycles. The van der Waals surface area contributed by atoms with Gasteiger partial charge in [-0.15, -0.1) is 0 Å². The van der Waals surface area contributed by atoms with Crippen LogP contribution < -0.4 is 0 Å². The molecule has 1 saturated heterocycles. The van der Waals surface area contributed by atoms with Gasteiger partial charge >= 0.3 is 0 Å². The molecule has 0 bridgehead atoms. The molecule has 2 aliphatic heterocycles. The molecule has 3 heterocycles. The minimum Gasteiger partial charge on any atom is -0.379 e. The molecule has 0 spiro atoms. The number of hydrogen-bond acceptors (Lipinski definition) is 3. The molecule has 2 aromatic rings. The van der Waals surface area contributed by atoms with E-state index in [2.05, 4.69) is 51.6 Å². The quantitative estimate of drug-likeness (QED) is 0.843. The van der Waals surface area contributed by atoms with Crippen molar-refractivity contribution < 1.29 is 4.74 Å². The third kappa shape index (κ3) is 2.37. The second-order valence-electron chi connectivity index (χ2n) is 6.10. The van der Waals surface area contributed by atoms with E-state index in [0.29, 0.717) is 6.17 Å². The molecule has 2 aliphatic rings. The van der Waals surface area contributed by atoms with Gasteiger partial charge in [0.2, 0.25) is 0 Å². The molecule has 21 heavy (non-hydrogen) atoms. The van der Waals surface area contributed by atoms with Crippen LogP contribution in [0.1, 0.15) is 12.6 Å². The van der Waals surface area contributed by atoms with Crippen LogP contribution in [0.25, 0.3) is 10.9 Å². The van der Waals surface area contributed by atoms with Gasteiger partial charge in [0.15, 0.2) is 0 Å². The predicted molar refractivity (Wildman–Crippen MR) is 84.2 cm³/mol. The largest absolute Gasteiger partial charge is 0.379 e. The number of morpholine rings is 1. The molecule has 0 aliphatic carbocycles. The van der Waals surface area contributed by atoms with Crippen molar-refractivity contribution in [2.45, 2.75) is 26.2 Å². The van der Waals surface area contributed by atoms with Crippen molar-refractivity contribution in [3.63, 3.8) is 0 Å². The summed E-state index contributed by atoms with van der Waals surface area (Å²) in [6, 6.07) is 11.1. The first kappa shape index (κ1) is 13.3. The van der Waals surface area contributed by atoms with Gasteiger partial charge in [-0.05, 0) is 24.4 Å². The number of benzene rings is 1. The first-order chi connectivity index (χ1) is 10.3. The molecule has 0 amide bonds. The molecule has 1 aromatic heterocycles. The second-order valence-corrected chi connectivity index (χ2v) is 6.10. The Morgan fingerprint density at radius 2 is 1.81 bits per heavy atom.